The van der Waals surface area contributed by atoms with Gasteiger partial charge in [-0.15, -0.1) is 0 Å². The van der Waals surface area contributed by atoms with E-state index in [0.29, 0.717) is 14.2 Å². The van der Waals surface area contributed by atoms with Crippen molar-refractivity contribution in [2.75, 3.05) is 12.4 Å². The first-order valence-corrected chi connectivity index (χ1v) is 8.34. The minimum absolute atomic E-state index is 0.108. The molecule has 1 aliphatic heterocycles. The van der Waals surface area contributed by atoms with Gasteiger partial charge in [0.15, 0.2) is 11.5 Å². The van der Waals surface area contributed by atoms with Crippen LogP contribution in [0.3, 0.4) is 0 Å². The molecule has 0 spiro atoms. The van der Waals surface area contributed by atoms with Gasteiger partial charge in [0.05, 0.1) is 21.3 Å². The summed E-state index contributed by atoms with van der Waals surface area (Å²) in [6.07, 6.45) is 1.79. The number of hydrogen-bond acceptors (Lipinski definition) is 4. The van der Waals surface area contributed by atoms with Crippen LogP contribution in [0.2, 0.25) is 0 Å². The first kappa shape index (κ1) is 15.2. The van der Waals surface area contributed by atoms with Gasteiger partial charge in [0.2, 0.25) is 0 Å². The Balaban J connectivity index is 1.99. The van der Waals surface area contributed by atoms with E-state index in [1.807, 2.05) is 46.9 Å². The van der Waals surface area contributed by atoms with Gasteiger partial charge in [0.25, 0.3) is 5.91 Å². The van der Waals surface area contributed by atoms with Crippen molar-refractivity contribution in [2.45, 2.75) is 4.90 Å². The zero-order valence-corrected chi connectivity index (χ0v) is 14.6. The van der Waals surface area contributed by atoms with E-state index in [4.69, 9.17) is 4.74 Å². The van der Waals surface area contributed by atoms with E-state index < -0.39 is 0 Å². The van der Waals surface area contributed by atoms with E-state index in [9.17, 15) is 9.90 Å². The van der Waals surface area contributed by atoms with Crippen LogP contribution in [0.15, 0.2) is 46.2 Å². The lowest BCUT2D eigenvalue weighted by molar-refractivity contribution is -0.112. The summed E-state index contributed by atoms with van der Waals surface area (Å²) in [4.78, 5) is 13.8. The lowest BCUT2D eigenvalue weighted by Crippen LogP contribution is -2.17. The molecule has 1 heterocycles. The molecule has 2 N–H and O–H groups in total. The molecule has 2 aromatic carbocycles. The molecule has 4 nitrogen and oxygen atoms in total. The third-order valence-corrected chi connectivity index (χ3v) is 5.07. The Kier molecular flexibility index (Phi) is 4.30. The second-order valence-electron chi connectivity index (χ2n) is 4.61. The quantitative estimate of drug-likeness (QED) is 0.562. The number of fused-ring (bicyclic) bond motifs is 1. The number of thioether (sulfide) groups is 1. The van der Waals surface area contributed by atoms with Crippen LogP contribution < -0.4 is 10.1 Å². The van der Waals surface area contributed by atoms with E-state index in [2.05, 4.69) is 5.32 Å². The van der Waals surface area contributed by atoms with E-state index in [-0.39, 0.29) is 11.7 Å². The third kappa shape index (κ3) is 2.93. The van der Waals surface area contributed by atoms with Crippen LogP contribution in [0, 0.1) is 3.57 Å². The van der Waals surface area contributed by atoms with Crippen LogP contribution in [0.25, 0.3) is 6.08 Å². The standard InChI is InChI=1S/C16H12INO3S/c1-21-12-7-9(6-10(17)15(12)19)8-14-16(20)18-11-4-2-3-5-13(11)22-14/h2-8,19H,1H3,(H,18,20)/b14-8-. The van der Waals surface area contributed by atoms with E-state index >= 15 is 0 Å². The number of hydrogen-bond donors (Lipinski definition) is 2. The van der Waals surface area contributed by atoms with Crippen LogP contribution in [-0.2, 0) is 4.79 Å². The van der Waals surface area contributed by atoms with Crippen molar-refractivity contribution in [3.8, 4) is 11.5 Å². The first-order valence-electron chi connectivity index (χ1n) is 6.45. The summed E-state index contributed by atoms with van der Waals surface area (Å²) in [6, 6.07) is 11.2. The highest BCUT2D eigenvalue weighted by molar-refractivity contribution is 14.1. The van der Waals surface area contributed by atoms with Gasteiger partial charge >= 0.3 is 0 Å². The molecule has 0 fully saturated rings. The van der Waals surface area contributed by atoms with Gasteiger partial charge in [-0.1, -0.05) is 23.9 Å². The van der Waals surface area contributed by atoms with Crippen molar-refractivity contribution >= 4 is 52.0 Å². The Hall–Kier alpha value is -1.67. The summed E-state index contributed by atoms with van der Waals surface area (Å²) >= 11 is 3.46. The molecule has 0 bridgehead atoms. The van der Waals surface area contributed by atoms with Gasteiger partial charge in [-0.25, -0.2) is 0 Å². The van der Waals surface area contributed by atoms with Crippen LogP contribution >= 0.6 is 34.4 Å². The fourth-order valence-corrected chi connectivity index (χ4v) is 3.66. The molecule has 2 aromatic rings. The van der Waals surface area contributed by atoms with Gasteiger partial charge < -0.3 is 15.2 Å². The number of para-hydroxylation sites is 1. The zero-order valence-electron chi connectivity index (χ0n) is 11.6. The molecular formula is C16H12INO3S. The molecule has 1 amide bonds. The molecule has 112 valence electrons. The number of aromatic hydroxyl groups is 1. The fourth-order valence-electron chi connectivity index (χ4n) is 2.09. The molecular weight excluding hydrogens is 413 g/mol. The van der Waals surface area contributed by atoms with Crippen molar-refractivity contribution in [3.05, 3.63) is 50.4 Å². The number of ether oxygens (including phenoxy) is 1. The SMILES string of the molecule is COc1cc(/C=C2\Sc3ccccc3NC2=O)cc(I)c1O. The minimum Gasteiger partial charge on any atom is -0.504 e. The van der Waals surface area contributed by atoms with Crippen molar-refractivity contribution in [1.82, 2.24) is 0 Å². The highest BCUT2D eigenvalue weighted by atomic mass is 127. The third-order valence-electron chi connectivity index (χ3n) is 3.15. The topological polar surface area (TPSA) is 58.6 Å². The predicted molar refractivity (Wildman–Crippen MR) is 96.3 cm³/mol. The molecule has 0 radical (unpaired) electrons. The van der Waals surface area contributed by atoms with Gasteiger partial charge in [-0.3, -0.25) is 4.79 Å². The molecule has 0 aromatic heterocycles. The van der Waals surface area contributed by atoms with E-state index in [1.54, 1.807) is 18.2 Å². The summed E-state index contributed by atoms with van der Waals surface area (Å²) in [5.41, 5.74) is 1.63. The molecule has 0 saturated carbocycles. The Morgan fingerprint density at radius 2 is 2.09 bits per heavy atom. The first-order chi connectivity index (χ1) is 10.6. The molecule has 3 rings (SSSR count). The highest BCUT2D eigenvalue weighted by Crippen LogP contribution is 2.39. The number of halogens is 1. The Bertz CT molecular complexity index is 789. The number of amides is 1. The Morgan fingerprint density at radius 1 is 1.32 bits per heavy atom. The van der Waals surface area contributed by atoms with Gasteiger partial charge in [0.1, 0.15) is 0 Å². The molecule has 1 aliphatic rings. The van der Waals surface area contributed by atoms with Crippen LogP contribution in [-0.4, -0.2) is 18.1 Å². The Morgan fingerprint density at radius 3 is 2.86 bits per heavy atom. The molecule has 0 atom stereocenters. The molecule has 6 heteroatoms. The highest BCUT2D eigenvalue weighted by Gasteiger charge is 2.20. The smallest absolute Gasteiger partial charge is 0.262 e. The van der Waals surface area contributed by atoms with Crippen molar-refractivity contribution < 1.29 is 14.6 Å². The number of carbonyl (C=O) groups excluding carboxylic acids is 1. The maximum Gasteiger partial charge on any atom is 0.262 e. The lowest BCUT2D eigenvalue weighted by atomic mass is 10.2. The lowest BCUT2D eigenvalue weighted by Gasteiger charge is -2.18. The largest absolute Gasteiger partial charge is 0.504 e. The summed E-state index contributed by atoms with van der Waals surface area (Å²) in [6.45, 7) is 0. The average Bonchev–Trinajstić information content (AvgIpc) is 2.51. The summed E-state index contributed by atoms with van der Waals surface area (Å²) in [5.74, 6) is 0.363. The van der Waals surface area contributed by atoms with Crippen LogP contribution in [0.1, 0.15) is 5.56 Å². The Labute approximate surface area is 145 Å². The van der Waals surface area contributed by atoms with Gasteiger partial charge in [0, 0.05) is 4.90 Å². The summed E-state index contributed by atoms with van der Waals surface area (Å²) in [5, 5.41) is 12.7. The number of rotatable bonds is 2. The molecule has 22 heavy (non-hydrogen) atoms. The second kappa shape index (κ2) is 6.21. The van der Waals surface area contributed by atoms with Crippen molar-refractivity contribution in [2.24, 2.45) is 0 Å². The van der Waals surface area contributed by atoms with Gasteiger partial charge in [-0.05, 0) is 58.5 Å². The molecule has 0 saturated heterocycles. The number of carbonyl (C=O) groups is 1. The minimum atomic E-state index is -0.134. The molecule has 0 aliphatic carbocycles. The van der Waals surface area contributed by atoms with Crippen molar-refractivity contribution in [1.29, 1.82) is 0 Å². The maximum atomic E-state index is 12.2. The fraction of sp³-hybridized carbons (Fsp3) is 0.0625. The van der Waals surface area contributed by atoms with Crippen molar-refractivity contribution in [3.63, 3.8) is 0 Å². The number of phenolic OH excluding ortho intramolecular Hbond substituents is 1. The number of nitrogens with one attached hydrogen (secondary N) is 1. The number of benzene rings is 2. The second-order valence-corrected chi connectivity index (χ2v) is 6.86. The van der Waals surface area contributed by atoms with Crippen LogP contribution in [0.5, 0.6) is 11.5 Å². The summed E-state index contributed by atoms with van der Waals surface area (Å²) < 4.78 is 5.82. The van der Waals surface area contributed by atoms with Crippen LogP contribution in [0.4, 0.5) is 5.69 Å². The number of phenols is 1. The predicted octanol–water partition coefficient (Wildman–Crippen LogP) is 4.09. The van der Waals surface area contributed by atoms with E-state index in [0.717, 1.165) is 16.1 Å². The van der Waals surface area contributed by atoms with Gasteiger partial charge in [-0.2, -0.15) is 0 Å². The summed E-state index contributed by atoms with van der Waals surface area (Å²) in [7, 11) is 1.50. The number of anilines is 1. The molecule has 0 unspecified atom stereocenters. The zero-order chi connectivity index (χ0) is 15.7. The average molecular weight is 425 g/mol. The van der Waals surface area contributed by atoms with E-state index in [1.165, 1.54) is 18.9 Å². The number of methoxy groups -OCH3 is 1. The monoisotopic (exact) mass is 425 g/mol. The normalized spacial score (nSPS) is 15.4. The maximum absolute atomic E-state index is 12.2.